The lowest BCUT2D eigenvalue weighted by Gasteiger charge is -2.22. The summed E-state index contributed by atoms with van der Waals surface area (Å²) in [5.74, 6) is 0.184. The summed E-state index contributed by atoms with van der Waals surface area (Å²) in [5, 5.41) is 4.14. The first-order valence-corrected chi connectivity index (χ1v) is 5.49. The van der Waals surface area contributed by atoms with E-state index in [1.54, 1.807) is 10.9 Å². The van der Waals surface area contributed by atoms with E-state index in [0.717, 1.165) is 19.3 Å². The van der Waals surface area contributed by atoms with Crippen LogP contribution in [-0.2, 0) is 4.79 Å². The number of aromatic nitrogens is 2. The van der Waals surface area contributed by atoms with E-state index in [-0.39, 0.29) is 11.9 Å². The summed E-state index contributed by atoms with van der Waals surface area (Å²) in [6.45, 7) is 2.02. The molecule has 0 aliphatic heterocycles. The fourth-order valence-electron chi connectivity index (χ4n) is 1.82. The Hall–Kier alpha value is -1.32. The molecular formula is C11H17N3O. The molecule has 0 spiro atoms. The van der Waals surface area contributed by atoms with Crippen molar-refractivity contribution in [2.75, 3.05) is 7.05 Å². The molecule has 2 rings (SSSR count). The molecule has 0 bridgehead atoms. The van der Waals surface area contributed by atoms with Gasteiger partial charge in [0, 0.05) is 25.5 Å². The highest BCUT2D eigenvalue weighted by Gasteiger charge is 2.33. The van der Waals surface area contributed by atoms with Crippen LogP contribution in [0.2, 0.25) is 0 Å². The van der Waals surface area contributed by atoms with Crippen LogP contribution < -0.4 is 0 Å². The zero-order valence-corrected chi connectivity index (χ0v) is 9.26. The number of nitrogens with zero attached hydrogens (tertiary/aromatic N) is 3. The predicted molar refractivity (Wildman–Crippen MR) is 57.3 cm³/mol. The molecule has 1 aromatic rings. The van der Waals surface area contributed by atoms with Crippen LogP contribution in [0.5, 0.6) is 0 Å². The van der Waals surface area contributed by atoms with Gasteiger partial charge < -0.3 is 4.90 Å². The third kappa shape index (κ3) is 2.03. The van der Waals surface area contributed by atoms with Crippen LogP contribution in [-0.4, -0.2) is 33.7 Å². The highest BCUT2D eigenvalue weighted by molar-refractivity contribution is 5.80. The second kappa shape index (κ2) is 4.04. The largest absolute Gasteiger partial charge is 0.341 e. The third-order valence-corrected chi connectivity index (χ3v) is 2.96. The minimum atomic E-state index is -0.134. The maximum absolute atomic E-state index is 12.1. The first-order chi connectivity index (χ1) is 7.24. The van der Waals surface area contributed by atoms with E-state index in [0.29, 0.717) is 6.04 Å². The lowest BCUT2D eigenvalue weighted by molar-refractivity contribution is -0.134. The maximum atomic E-state index is 12.1. The molecule has 1 heterocycles. The number of carbonyl (C=O) groups excluding carboxylic acids is 1. The van der Waals surface area contributed by atoms with Crippen LogP contribution in [0.25, 0.3) is 0 Å². The lowest BCUT2D eigenvalue weighted by atomic mass is 10.2. The van der Waals surface area contributed by atoms with Gasteiger partial charge in [0.1, 0.15) is 6.04 Å². The molecule has 82 valence electrons. The zero-order valence-electron chi connectivity index (χ0n) is 9.26. The smallest absolute Gasteiger partial charge is 0.247 e. The van der Waals surface area contributed by atoms with Gasteiger partial charge in [-0.1, -0.05) is 6.92 Å². The van der Waals surface area contributed by atoms with Crippen molar-refractivity contribution in [1.82, 2.24) is 14.7 Å². The summed E-state index contributed by atoms with van der Waals surface area (Å²) in [5.41, 5.74) is 0. The number of likely N-dealkylation sites (N-methyl/N-ethyl adjacent to an activating group) is 1. The van der Waals surface area contributed by atoms with Crippen LogP contribution in [0.15, 0.2) is 18.5 Å². The van der Waals surface area contributed by atoms with E-state index in [9.17, 15) is 4.79 Å². The van der Waals surface area contributed by atoms with Gasteiger partial charge in [0.2, 0.25) is 5.91 Å². The number of carbonyl (C=O) groups is 1. The van der Waals surface area contributed by atoms with Crippen molar-refractivity contribution >= 4 is 5.91 Å². The average molecular weight is 207 g/mol. The number of hydrogen-bond donors (Lipinski definition) is 0. The molecule has 1 amide bonds. The van der Waals surface area contributed by atoms with Crippen LogP contribution in [0.4, 0.5) is 0 Å². The van der Waals surface area contributed by atoms with Crippen molar-refractivity contribution in [3.05, 3.63) is 18.5 Å². The molecule has 1 atom stereocenters. The Morgan fingerprint density at radius 2 is 2.40 bits per heavy atom. The second-order valence-electron chi connectivity index (χ2n) is 4.09. The monoisotopic (exact) mass is 207 g/mol. The summed E-state index contributed by atoms with van der Waals surface area (Å²) in [6, 6.07) is 2.19. The molecule has 0 saturated heterocycles. The first-order valence-electron chi connectivity index (χ1n) is 5.49. The Morgan fingerprint density at radius 1 is 1.67 bits per heavy atom. The Kier molecular flexibility index (Phi) is 2.75. The Morgan fingerprint density at radius 3 is 2.87 bits per heavy atom. The van der Waals surface area contributed by atoms with E-state index >= 15 is 0 Å². The van der Waals surface area contributed by atoms with Crippen molar-refractivity contribution in [3.8, 4) is 0 Å². The van der Waals surface area contributed by atoms with Crippen LogP contribution in [0.1, 0.15) is 32.2 Å². The fourth-order valence-corrected chi connectivity index (χ4v) is 1.82. The maximum Gasteiger partial charge on any atom is 0.247 e. The minimum Gasteiger partial charge on any atom is -0.341 e. The lowest BCUT2D eigenvalue weighted by Crippen LogP contribution is -2.35. The van der Waals surface area contributed by atoms with E-state index in [2.05, 4.69) is 5.10 Å². The molecule has 4 nitrogen and oxygen atoms in total. The molecule has 1 aliphatic carbocycles. The molecular weight excluding hydrogens is 190 g/mol. The standard InChI is InChI=1S/C11H17N3O/c1-3-10(14-8-4-7-12-14)11(15)13(2)9-5-6-9/h4,7-10H,3,5-6H2,1-2H3. The van der Waals surface area contributed by atoms with Crippen LogP contribution in [0.3, 0.4) is 0 Å². The summed E-state index contributed by atoms with van der Waals surface area (Å²) in [7, 11) is 1.90. The molecule has 1 aromatic heterocycles. The predicted octanol–water partition coefficient (Wildman–Crippen LogP) is 1.46. The number of amides is 1. The van der Waals surface area contributed by atoms with Gasteiger partial charge in [-0.15, -0.1) is 0 Å². The Balaban J connectivity index is 2.09. The molecule has 1 fully saturated rings. The zero-order chi connectivity index (χ0) is 10.8. The third-order valence-electron chi connectivity index (χ3n) is 2.96. The fraction of sp³-hybridized carbons (Fsp3) is 0.636. The molecule has 0 aromatic carbocycles. The Bertz CT molecular complexity index is 330. The van der Waals surface area contributed by atoms with Crippen molar-refractivity contribution in [2.24, 2.45) is 0 Å². The summed E-state index contributed by atoms with van der Waals surface area (Å²) in [4.78, 5) is 14.0. The SMILES string of the molecule is CCC(C(=O)N(C)C1CC1)n1cccn1. The number of hydrogen-bond acceptors (Lipinski definition) is 2. The minimum absolute atomic E-state index is 0.134. The second-order valence-corrected chi connectivity index (χ2v) is 4.09. The van der Waals surface area contributed by atoms with Crippen molar-refractivity contribution < 1.29 is 4.79 Å². The summed E-state index contributed by atoms with van der Waals surface area (Å²) >= 11 is 0. The molecule has 15 heavy (non-hydrogen) atoms. The normalized spacial score (nSPS) is 17.5. The van der Waals surface area contributed by atoms with E-state index in [1.165, 1.54) is 0 Å². The molecule has 0 N–H and O–H groups in total. The quantitative estimate of drug-likeness (QED) is 0.749. The van der Waals surface area contributed by atoms with Crippen LogP contribution >= 0.6 is 0 Å². The Labute approximate surface area is 89.9 Å². The topological polar surface area (TPSA) is 38.1 Å². The van der Waals surface area contributed by atoms with Gasteiger partial charge in [-0.25, -0.2) is 0 Å². The van der Waals surface area contributed by atoms with Crippen molar-refractivity contribution in [2.45, 2.75) is 38.3 Å². The number of rotatable bonds is 4. The highest BCUT2D eigenvalue weighted by atomic mass is 16.2. The van der Waals surface area contributed by atoms with Gasteiger partial charge in [0.25, 0.3) is 0 Å². The van der Waals surface area contributed by atoms with E-state index in [4.69, 9.17) is 0 Å². The molecule has 0 radical (unpaired) electrons. The molecule has 1 unspecified atom stereocenters. The average Bonchev–Trinajstić information content (AvgIpc) is 2.96. The van der Waals surface area contributed by atoms with Gasteiger partial charge in [0.05, 0.1) is 0 Å². The van der Waals surface area contributed by atoms with E-state index < -0.39 is 0 Å². The summed E-state index contributed by atoms with van der Waals surface area (Å²) < 4.78 is 1.75. The van der Waals surface area contributed by atoms with Crippen LogP contribution in [0, 0.1) is 0 Å². The first kappa shape index (κ1) is 10.2. The molecule has 1 aliphatic rings. The van der Waals surface area contributed by atoms with E-state index in [1.807, 2.05) is 31.1 Å². The molecule has 1 saturated carbocycles. The summed E-state index contributed by atoms with van der Waals surface area (Å²) in [6.07, 6.45) is 6.66. The van der Waals surface area contributed by atoms with Crippen molar-refractivity contribution in [3.63, 3.8) is 0 Å². The van der Waals surface area contributed by atoms with Gasteiger partial charge in [-0.3, -0.25) is 9.48 Å². The van der Waals surface area contributed by atoms with Crippen molar-refractivity contribution in [1.29, 1.82) is 0 Å². The van der Waals surface area contributed by atoms with Gasteiger partial charge in [-0.2, -0.15) is 5.10 Å². The van der Waals surface area contributed by atoms with Gasteiger partial charge >= 0.3 is 0 Å². The van der Waals surface area contributed by atoms with Gasteiger partial charge in [0.15, 0.2) is 0 Å². The molecule has 4 heteroatoms. The van der Waals surface area contributed by atoms with Gasteiger partial charge in [-0.05, 0) is 25.3 Å². The highest BCUT2D eigenvalue weighted by Crippen LogP contribution is 2.27.